The van der Waals surface area contributed by atoms with Crippen LogP contribution in [0.15, 0.2) is 36.7 Å². The van der Waals surface area contributed by atoms with Gasteiger partial charge >= 0.3 is 12.1 Å². The summed E-state index contributed by atoms with van der Waals surface area (Å²) in [4.78, 5) is 30.0. The highest BCUT2D eigenvalue weighted by atomic mass is 19.4. The number of fused-ring (bicyclic) bond motifs is 1. The number of amides is 1. The lowest BCUT2D eigenvalue weighted by atomic mass is 9.97. The van der Waals surface area contributed by atoms with Crippen molar-refractivity contribution >= 4 is 23.2 Å². The number of aliphatic carboxylic acids is 1. The molecular formula is C23H23F5N4O5. The number of ether oxygens (including phenoxy) is 2. The number of aromatic nitrogens is 3. The fourth-order valence-corrected chi connectivity index (χ4v) is 3.56. The van der Waals surface area contributed by atoms with E-state index < -0.39 is 30.2 Å². The first kappa shape index (κ1) is 27.9. The van der Waals surface area contributed by atoms with Gasteiger partial charge in [0.15, 0.2) is 0 Å². The second-order valence-corrected chi connectivity index (χ2v) is 7.97. The average Bonchev–Trinajstić information content (AvgIpc) is 3.27. The van der Waals surface area contributed by atoms with E-state index in [0.717, 1.165) is 43.0 Å². The number of carbonyl (C=O) groups excluding carboxylic acids is 1. The highest BCUT2D eigenvalue weighted by Crippen LogP contribution is 2.28. The maximum Gasteiger partial charge on any atom is 0.490 e. The van der Waals surface area contributed by atoms with Crippen LogP contribution in [0, 0.1) is 0 Å². The van der Waals surface area contributed by atoms with Gasteiger partial charge in [0, 0.05) is 44.2 Å². The van der Waals surface area contributed by atoms with E-state index in [2.05, 4.69) is 10.3 Å². The third-order valence-electron chi connectivity index (χ3n) is 5.35. The SMILES string of the molecule is COCc1cc2nc(C3CCOCC3)cn2cc1NC(=O)c1cccc(C(F)F)n1.O=C(O)C(F)(F)F. The van der Waals surface area contributed by atoms with Gasteiger partial charge in [-0.05, 0) is 31.0 Å². The van der Waals surface area contributed by atoms with Crippen molar-refractivity contribution in [1.82, 2.24) is 14.4 Å². The molecule has 0 aromatic carbocycles. The van der Waals surface area contributed by atoms with Gasteiger partial charge in [0.1, 0.15) is 17.0 Å². The molecule has 0 saturated carbocycles. The van der Waals surface area contributed by atoms with Gasteiger partial charge in [-0.15, -0.1) is 0 Å². The minimum absolute atomic E-state index is 0.0789. The molecule has 1 aliphatic rings. The lowest BCUT2D eigenvalue weighted by Gasteiger charge is -2.19. The standard InChI is InChI=1S/C21H22F2N4O3.C2HF3O2/c1-29-12-14-9-19-25-17(13-5-7-30-8-6-13)10-27(19)11-18(14)26-21(28)16-4-2-3-15(24-16)20(22)23;3-2(4,5)1(6)7/h2-4,9-11,13,20H,5-8,12H2,1H3,(H,26,28);(H,6,7). The van der Waals surface area contributed by atoms with Crippen molar-refractivity contribution in [3.05, 3.63) is 59.3 Å². The highest BCUT2D eigenvalue weighted by molar-refractivity contribution is 6.03. The summed E-state index contributed by atoms with van der Waals surface area (Å²) in [6.45, 7) is 1.70. The molecule has 9 nitrogen and oxygen atoms in total. The van der Waals surface area contributed by atoms with Crippen LogP contribution in [0.1, 0.15) is 52.6 Å². The van der Waals surface area contributed by atoms with Crippen LogP contribution in [0.2, 0.25) is 0 Å². The Morgan fingerprint density at radius 2 is 1.89 bits per heavy atom. The Balaban J connectivity index is 0.000000479. The summed E-state index contributed by atoms with van der Waals surface area (Å²) in [7, 11) is 1.56. The summed E-state index contributed by atoms with van der Waals surface area (Å²) in [5.41, 5.74) is 2.45. The zero-order valence-electron chi connectivity index (χ0n) is 19.5. The Labute approximate surface area is 207 Å². The molecule has 1 aliphatic heterocycles. The Bertz CT molecular complexity index is 1240. The summed E-state index contributed by atoms with van der Waals surface area (Å²) in [6.07, 6.45) is -2.27. The van der Waals surface area contributed by atoms with E-state index in [1.165, 1.54) is 18.2 Å². The van der Waals surface area contributed by atoms with Crippen LogP contribution < -0.4 is 5.32 Å². The van der Waals surface area contributed by atoms with Crippen LogP contribution in [0.5, 0.6) is 0 Å². The Morgan fingerprint density at radius 3 is 2.49 bits per heavy atom. The van der Waals surface area contributed by atoms with Crippen LogP contribution in [-0.4, -0.2) is 57.9 Å². The van der Waals surface area contributed by atoms with E-state index in [1.54, 1.807) is 13.3 Å². The Hall–Kier alpha value is -3.65. The molecule has 0 bridgehead atoms. The Morgan fingerprint density at radius 1 is 1.22 bits per heavy atom. The molecule has 0 aliphatic carbocycles. The summed E-state index contributed by atoms with van der Waals surface area (Å²) < 4.78 is 70.1. The molecule has 2 N–H and O–H groups in total. The van der Waals surface area contributed by atoms with E-state index in [4.69, 9.17) is 24.4 Å². The predicted molar refractivity (Wildman–Crippen MR) is 120 cm³/mol. The zero-order chi connectivity index (χ0) is 27.2. The summed E-state index contributed by atoms with van der Waals surface area (Å²) in [5, 5.41) is 9.89. The molecule has 0 atom stereocenters. The number of hydrogen-bond donors (Lipinski definition) is 2. The van der Waals surface area contributed by atoms with Gasteiger partial charge in [0.2, 0.25) is 0 Å². The van der Waals surface area contributed by atoms with Gasteiger partial charge < -0.3 is 24.3 Å². The van der Waals surface area contributed by atoms with E-state index in [9.17, 15) is 26.7 Å². The van der Waals surface area contributed by atoms with Crippen LogP contribution in [0.4, 0.5) is 27.6 Å². The molecule has 200 valence electrons. The second-order valence-electron chi connectivity index (χ2n) is 7.97. The maximum absolute atomic E-state index is 12.9. The number of rotatable bonds is 6. The molecular weight excluding hydrogens is 507 g/mol. The van der Waals surface area contributed by atoms with Crippen molar-refractivity contribution in [3.63, 3.8) is 0 Å². The second kappa shape index (κ2) is 12.1. The Kier molecular flexibility index (Phi) is 9.10. The summed E-state index contributed by atoms with van der Waals surface area (Å²) in [5.74, 6) is -2.99. The maximum atomic E-state index is 12.9. The molecule has 4 heterocycles. The lowest BCUT2D eigenvalue weighted by molar-refractivity contribution is -0.192. The molecule has 3 aromatic heterocycles. The fourth-order valence-electron chi connectivity index (χ4n) is 3.56. The van der Waals surface area contributed by atoms with Gasteiger partial charge in [0.25, 0.3) is 12.3 Å². The van der Waals surface area contributed by atoms with E-state index in [0.29, 0.717) is 11.6 Å². The normalized spacial score (nSPS) is 14.4. The van der Waals surface area contributed by atoms with E-state index >= 15 is 0 Å². The topological polar surface area (TPSA) is 115 Å². The molecule has 0 unspecified atom stereocenters. The molecule has 1 fully saturated rings. The third kappa shape index (κ3) is 7.43. The molecule has 1 saturated heterocycles. The minimum atomic E-state index is -5.08. The molecule has 1 amide bonds. The summed E-state index contributed by atoms with van der Waals surface area (Å²) in [6, 6.07) is 5.83. The van der Waals surface area contributed by atoms with Crippen LogP contribution in [-0.2, 0) is 20.9 Å². The predicted octanol–water partition coefficient (Wildman–Crippen LogP) is 4.59. The number of anilines is 1. The largest absolute Gasteiger partial charge is 0.490 e. The van der Waals surface area contributed by atoms with E-state index in [-0.39, 0.29) is 12.3 Å². The number of pyridine rings is 2. The van der Waals surface area contributed by atoms with Crippen LogP contribution in [0.3, 0.4) is 0 Å². The number of halogens is 5. The lowest BCUT2D eigenvalue weighted by Crippen LogP contribution is -2.21. The number of nitrogens with one attached hydrogen (secondary N) is 1. The first-order valence-electron chi connectivity index (χ1n) is 10.9. The van der Waals surface area contributed by atoms with Gasteiger partial charge in [-0.2, -0.15) is 13.2 Å². The van der Waals surface area contributed by atoms with Crippen molar-refractivity contribution in [2.75, 3.05) is 25.6 Å². The highest BCUT2D eigenvalue weighted by Gasteiger charge is 2.38. The zero-order valence-corrected chi connectivity index (χ0v) is 19.5. The number of carbonyl (C=O) groups is 2. The number of carboxylic acids is 1. The van der Waals surface area contributed by atoms with Crippen molar-refractivity contribution in [2.45, 2.75) is 38.0 Å². The minimum Gasteiger partial charge on any atom is -0.475 e. The van der Waals surface area contributed by atoms with Crippen molar-refractivity contribution in [1.29, 1.82) is 0 Å². The van der Waals surface area contributed by atoms with Gasteiger partial charge in [-0.25, -0.2) is 23.5 Å². The number of imidazole rings is 1. The average molecular weight is 530 g/mol. The molecule has 0 radical (unpaired) electrons. The molecule has 14 heteroatoms. The van der Waals surface area contributed by atoms with Crippen molar-refractivity contribution in [2.24, 2.45) is 0 Å². The molecule has 37 heavy (non-hydrogen) atoms. The van der Waals surface area contributed by atoms with Crippen LogP contribution >= 0.6 is 0 Å². The van der Waals surface area contributed by atoms with E-state index in [1.807, 2.05) is 16.7 Å². The molecule has 0 spiro atoms. The number of alkyl halides is 5. The first-order valence-corrected chi connectivity index (χ1v) is 10.9. The van der Waals surface area contributed by atoms with Crippen molar-refractivity contribution < 1.29 is 46.1 Å². The van der Waals surface area contributed by atoms with Gasteiger partial charge in [-0.3, -0.25) is 4.79 Å². The number of hydrogen-bond acceptors (Lipinski definition) is 6. The van der Waals surface area contributed by atoms with Gasteiger partial charge in [0.05, 0.1) is 18.0 Å². The quantitative estimate of drug-likeness (QED) is 0.448. The molecule has 3 aromatic rings. The first-order chi connectivity index (χ1) is 17.5. The number of methoxy groups -OCH3 is 1. The molecule has 4 rings (SSSR count). The summed E-state index contributed by atoms with van der Waals surface area (Å²) >= 11 is 0. The van der Waals surface area contributed by atoms with Crippen LogP contribution in [0.25, 0.3) is 5.65 Å². The van der Waals surface area contributed by atoms with Crippen molar-refractivity contribution in [3.8, 4) is 0 Å². The fraction of sp³-hybridized carbons (Fsp3) is 0.391. The number of nitrogens with zero attached hydrogens (tertiary/aromatic N) is 3. The smallest absolute Gasteiger partial charge is 0.475 e. The van der Waals surface area contributed by atoms with Gasteiger partial charge in [-0.1, -0.05) is 6.07 Å². The number of carboxylic acid groups (broad SMARTS) is 1. The third-order valence-corrected chi connectivity index (χ3v) is 5.35. The monoisotopic (exact) mass is 530 g/mol.